The molecule has 114 valence electrons. The van der Waals surface area contributed by atoms with Gasteiger partial charge in [-0.3, -0.25) is 4.79 Å². The van der Waals surface area contributed by atoms with Crippen LogP contribution in [0.3, 0.4) is 0 Å². The molecule has 7 heteroatoms. The number of nitrogens with two attached hydrogens (primary N) is 1. The van der Waals surface area contributed by atoms with Crippen LogP contribution in [0.5, 0.6) is 0 Å². The van der Waals surface area contributed by atoms with E-state index in [9.17, 15) is 4.79 Å². The van der Waals surface area contributed by atoms with Gasteiger partial charge in [0.1, 0.15) is 11.0 Å². The summed E-state index contributed by atoms with van der Waals surface area (Å²) < 4.78 is 16.2. The lowest BCUT2D eigenvalue weighted by Gasteiger charge is -2.36. The van der Waals surface area contributed by atoms with E-state index >= 15 is 0 Å². The Morgan fingerprint density at radius 3 is 2.45 bits per heavy atom. The molecule has 1 atom stereocenters. The highest BCUT2D eigenvalue weighted by molar-refractivity contribution is 7.80. The summed E-state index contributed by atoms with van der Waals surface area (Å²) in [5.41, 5.74) is 4.59. The number of thiocarbonyl (C=S) groups is 1. The third-order valence-electron chi connectivity index (χ3n) is 4.32. The zero-order valence-electron chi connectivity index (χ0n) is 11.8. The van der Waals surface area contributed by atoms with Gasteiger partial charge in [-0.2, -0.15) is 0 Å². The van der Waals surface area contributed by atoms with Gasteiger partial charge in [0.05, 0.1) is 11.6 Å². The second kappa shape index (κ2) is 6.34. The molecule has 0 radical (unpaired) electrons. The topological polar surface area (TPSA) is 82.8 Å². The molecule has 1 unspecified atom stereocenters. The van der Waals surface area contributed by atoms with E-state index in [1.54, 1.807) is 7.11 Å². The highest BCUT2D eigenvalue weighted by Gasteiger charge is 2.44. The predicted molar refractivity (Wildman–Crippen MR) is 77.5 cm³/mol. The number of ether oxygens (including phenoxy) is 3. The van der Waals surface area contributed by atoms with Crippen molar-refractivity contribution in [3.63, 3.8) is 0 Å². The molecule has 1 amide bonds. The van der Waals surface area contributed by atoms with Crippen LogP contribution >= 0.6 is 12.2 Å². The molecule has 0 aromatic heterocycles. The minimum atomic E-state index is -0.790. The van der Waals surface area contributed by atoms with Crippen molar-refractivity contribution in [3.8, 4) is 0 Å². The van der Waals surface area contributed by atoms with Crippen molar-refractivity contribution in [2.75, 3.05) is 40.1 Å². The van der Waals surface area contributed by atoms with Crippen molar-refractivity contribution in [1.82, 2.24) is 5.32 Å². The van der Waals surface area contributed by atoms with E-state index in [0.717, 1.165) is 6.42 Å². The smallest absolute Gasteiger partial charge is 0.233 e. The van der Waals surface area contributed by atoms with Gasteiger partial charge < -0.3 is 25.3 Å². The Morgan fingerprint density at radius 2 is 1.95 bits per heavy atom. The van der Waals surface area contributed by atoms with Gasteiger partial charge in [0.15, 0.2) is 0 Å². The molecule has 2 aliphatic heterocycles. The van der Waals surface area contributed by atoms with Crippen molar-refractivity contribution >= 4 is 23.1 Å². The lowest BCUT2D eigenvalue weighted by atomic mass is 9.79. The van der Waals surface area contributed by atoms with Gasteiger partial charge in [-0.25, -0.2) is 0 Å². The molecule has 0 aliphatic carbocycles. The molecule has 6 nitrogen and oxygen atoms in total. The van der Waals surface area contributed by atoms with E-state index in [2.05, 4.69) is 5.32 Å². The number of carbonyl (C=O) groups is 1. The molecule has 0 spiro atoms. The van der Waals surface area contributed by atoms with Crippen molar-refractivity contribution in [2.45, 2.75) is 24.9 Å². The van der Waals surface area contributed by atoms with E-state index in [4.69, 9.17) is 32.2 Å². The molecule has 2 rings (SSSR count). The molecule has 0 bridgehead atoms. The lowest BCUT2D eigenvalue weighted by molar-refractivity contribution is -0.133. The number of amides is 1. The Hall–Kier alpha value is -0.760. The molecule has 2 aliphatic rings. The van der Waals surface area contributed by atoms with Crippen LogP contribution in [0.15, 0.2) is 0 Å². The normalized spacial score (nSPS) is 29.1. The molecular weight excluding hydrogens is 280 g/mol. The molecule has 2 fully saturated rings. The fourth-order valence-corrected chi connectivity index (χ4v) is 2.97. The van der Waals surface area contributed by atoms with Crippen molar-refractivity contribution in [3.05, 3.63) is 0 Å². The largest absolute Gasteiger partial charge is 0.392 e. The Morgan fingerprint density at radius 1 is 1.30 bits per heavy atom. The Bertz CT molecular complexity index is 377. The highest BCUT2D eigenvalue weighted by Crippen LogP contribution is 2.32. The van der Waals surface area contributed by atoms with Crippen molar-refractivity contribution in [1.29, 1.82) is 0 Å². The third kappa shape index (κ3) is 2.95. The first-order valence-corrected chi connectivity index (χ1v) is 7.24. The number of hydrogen-bond donors (Lipinski definition) is 2. The quantitative estimate of drug-likeness (QED) is 0.695. The Labute approximate surface area is 124 Å². The maximum absolute atomic E-state index is 12.5. The van der Waals surface area contributed by atoms with Gasteiger partial charge in [-0.05, 0) is 12.8 Å². The average Bonchev–Trinajstić information content (AvgIpc) is 2.95. The van der Waals surface area contributed by atoms with Crippen LogP contribution in [-0.4, -0.2) is 56.6 Å². The summed E-state index contributed by atoms with van der Waals surface area (Å²) in [5, 5.41) is 2.94. The van der Waals surface area contributed by atoms with E-state index in [0.29, 0.717) is 45.8 Å². The molecular formula is C13H22N2O4S. The van der Waals surface area contributed by atoms with Crippen LogP contribution in [0.2, 0.25) is 0 Å². The predicted octanol–water partition coefficient (Wildman–Crippen LogP) is -0.00900. The van der Waals surface area contributed by atoms with Gasteiger partial charge in [-0.1, -0.05) is 12.2 Å². The Kier molecular flexibility index (Phi) is 4.95. The third-order valence-corrected chi connectivity index (χ3v) is 4.71. The van der Waals surface area contributed by atoms with Crippen LogP contribution in [0.4, 0.5) is 0 Å². The van der Waals surface area contributed by atoms with Crippen LogP contribution < -0.4 is 11.1 Å². The molecule has 2 saturated heterocycles. The molecule has 0 aromatic rings. The maximum Gasteiger partial charge on any atom is 0.233 e. The summed E-state index contributed by atoms with van der Waals surface area (Å²) in [6.45, 7) is 2.56. The molecule has 20 heavy (non-hydrogen) atoms. The van der Waals surface area contributed by atoms with Crippen LogP contribution in [-0.2, 0) is 19.0 Å². The first-order valence-electron chi connectivity index (χ1n) is 6.84. The summed E-state index contributed by atoms with van der Waals surface area (Å²) in [6, 6.07) is 0. The van der Waals surface area contributed by atoms with Crippen LogP contribution in [0, 0.1) is 5.41 Å². The number of carbonyl (C=O) groups excluding carboxylic acids is 1. The summed E-state index contributed by atoms with van der Waals surface area (Å²) in [6.07, 6.45) is 1.84. The zero-order valence-corrected chi connectivity index (χ0v) is 12.6. The average molecular weight is 302 g/mol. The van der Waals surface area contributed by atoms with Gasteiger partial charge in [0.25, 0.3) is 0 Å². The fourth-order valence-electron chi connectivity index (χ4n) is 2.68. The van der Waals surface area contributed by atoms with Crippen molar-refractivity contribution < 1.29 is 19.0 Å². The molecule has 3 N–H and O–H groups in total. The fraction of sp³-hybridized carbons (Fsp3) is 0.846. The summed E-state index contributed by atoms with van der Waals surface area (Å²) in [5.74, 6) is -0.128. The van der Waals surface area contributed by atoms with Crippen LogP contribution in [0.25, 0.3) is 0 Å². The van der Waals surface area contributed by atoms with E-state index in [1.807, 2.05) is 0 Å². The van der Waals surface area contributed by atoms with Crippen LogP contribution in [0.1, 0.15) is 19.3 Å². The lowest BCUT2D eigenvalue weighted by Crippen LogP contribution is -2.55. The SMILES string of the molecule is COC1(CNC(=O)C2(C(N)=S)CCOCC2)CCOC1. The van der Waals surface area contributed by atoms with Gasteiger partial charge in [0, 0.05) is 39.9 Å². The number of rotatable bonds is 5. The zero-order chi connectivity index (χ0) is 14.6. The highest BCUT2D eigenvalue weighted by atomic mass is 32.1. The Balaban J connectivity index is 2.00. The minimum absolute atomic E-state index is 0.128. The minimum Gasteiger partial charge on any atom is -0.392 e. The van der Waals surface area contributed by atoms with Crippen molar-refractivity contribution in [2.24, 2.45) is 11.1 Å². The summed E-state index contributed by atoms with van der Waals surface area (Å²) in [4.78, 5) is 12.8. The number of hydrogen-bond acceptors (Lipinski definition) is 5. The van der Waals surface area contributed by atoms with Gasteiger partial charge in [-0.15, -0.1) is 0 Å². The van der Waals surface area contributed by atoms with Gasteiger partial charge >= 0.3 is 0 Å². The maximum atomic E-state index is 12.5. The van der Waals surface area contributed by atoms with Gasteiger partial charge in [0.2, 0.25) is 5.91 Å². The molecule has 0 saturated carbocycles. The molecule has 2 heterocycles. The second-order valence-electron chi connectivity index (χ2n) is 5.43. The second-order valence-corrected chi connectivity index (χ2v) is 5.87. The monoisotopic (exact) mass is 302 g/mol. The first kappa shape index (κ1) is 15.6. The summed E-state index contributed by atoms with van der Waals surface area (Å²) >= 11 is 5.11. The first-order chi connectivity index (χ1) is 9.55. The van der Waals surface area contributed by atoms with E-state index in [1.165, 1.54) is 0 Å². The van der Waals surface area contributed by atoms with E-state index < -0.39 is 11.0 Å². The number of nitrogens with one attached hydrogen (secondary N) is 1. The summed E-state index contributed by atoms with van der Waals surface area (Å²) in [7, 11) is 1.64. The standard InChI is InChI=1S/C13H22N2O4S/c1-17-12(2-5-19-9-12)8-15-11(16)13(10(14)20)3-6-18-7-4-13/h2-9H2,1H3,(H2,14,20)(H,15,16). The molecule has 0 aromatic carbocycles. The number of methoxy groups -OCH3 is 1. The van der Waals surface area contributed by atoms with E-state index in [-0.39, 0.29) is 10.9 Å².